The third-order valence-electron chi connectivity index (χ3n) is 4.28. The Bertz CT molecular complexity index is 959. The molecule has 0 aliphatic heterocycles. The van der Waals surface area contributed by atoms with Crippen LogP contribution < -0.4 is 0 Å². The fourth-order valence-corrected chi connectivity index (χ4v) is 3.28. The van der Waals surface area contributed by atoms with Gasteiger partial charge in [0.15, 0.2) is 5.78 Å². The summed E-state index contributed by atoms with van der Waals surface area (Å²) in [6.45, 7) is 8.03. The topological polar surface area (TPSA) is 59.2 Å². The monoisotopic (exact) mass is 335 g/mol. The van der Waals surface area contributed by atoms with Gasteiger partial charge in [-0.2, -0.15) is 0 Å². The van der Waals surface area contributed by atoms with Crippen molar-refractivity contribution in [1.82, 2.24) is 4.98 Å². The Morgan fingerprint density at radius 1 is 1.00 bits per heavy atom. The lowest BCUT2D eigenvalue weighted by atomic mass is 9.93. The number of hydrogen-bond acceptors (Lipinski definition) is 3. The first-order valence-corrected chi connectivity index (χ1v) is 8.33. The Hall–Kier alpha value is -2.88. The summed E-state index contributed by atoms with van der Waals surface area (Å²) in [5.74, 6) is -0.396. The second kappa shape index (κ2) is 6.55. The van der Waals surface area contributed by atoms with Crippen LogP contribution in [0.15, 0.2) is 36.4 Å². The molecule has 128 valence electrons. The second-order valence-corrected chi connectivity index (χ2v) is 6.31. The molecule has 1 aromatic heterocycles. The third kappa shape index (κ3) is 3.20. The molecule has 0 aliphatic carbocycles. The van der Waals surface area contributed by atoms with Crippen LogP contribution in [-0.4, -0.2) is 23.3 Å². The molecular formula is C21H21NO3. The zero-order valence-electron chi connectivity index (χ0n) is 14.9. The predicted octanol–water partition coefficient (Wildman–Crippen LogP) is 4.50. The quantitative estimate of drug-likeness (QED) is 0.564. The summed E-state index contributed by atoms with van der Waals surface area (Å²) in [5, 5.41) is 0.816. The molecule has 0 bridgehead atoms. The number of aromatic nitrogens is 1. The number of benzene rings is 2. The number of ether oxygens (including phenoxy) is 1. The van der Waals surface area contributed by atoms with Crippen LogP contribution in [0.4, 0.5) is 0 Å². The summed E-state index contributed by atoms with van der Waals surface area (Å²) in [7, 11) is 0. The maximum Gasteiger partial charge on any atom is 0.354 e. The van der Waals surface area contributed by atoms with Gasteiger partial charge in [0, 0.05) is 22.0 Å². The van der Waals surface area contributed by atoms with Crippen molar-refractivity contribution in [2.45, 2.75) is 27.7 Å². The van der Waals surface area contributed by atoms with Crippen LogP contribution in [-0.2, 0) is 4.74 Å². The number of fused-ring (bicyclic) bond motifs is 1. The predicted molar refractivity (Wildman–Crippen MR) is 98.3 cm³/mol. The van der Waals surface area contributed by atoms with Crippen LogP contribution in [0.2, 0.25) is 0 Å². The average molecular weight is 335 g/mol. The summed E-state index contributed by atoms with van der Waals surface area (Å²) < 4.78 is 5.01. The molecule has 3 aromatic rings. The van der Waals surface area contributed by atoms with Gasteiger partial charge in [-0.15, -0.1) is 0 Å². The van der Waals surface area contributed by atoms with Crippen molar-refractivity contribution in [2.24, 2.45) is 0 Å². The fraction of sp³-hybridized carbons (Fsp3) is 0.238. The van der Waals surface area contributed by atoms with Gasteiger partial charge in [0.1, 0.15) is 5.69 Å². The smallest absolute Gasteiger partial charge is 0.354 e. The number of carbonyl (C=O) groups is 2. The van der Waals surface area contributed by atoms with E-state index in [0.29, 0.717) is 17.9 Å². The van der Waals surface area contributed by atoms with Crippen LogP contribution in [0.5, 0.6) is 0 Å². The largest absolute Gasteiger partial charge is 0.461 e. The second-order valence-electron chi connectivity index (χ2n) is 6.31. The van der Waals surface area contributed by atoms with E-state index >= 15 is 0 Å². The normalized spacial score (nSPS) is 10.9. The van der Waals surface area contributed by atoms with Gasteiger partial charge in [0.05, 0.1) is 6.61 Å². The summed E-state index contributed by atoms with van der Waals surface area (Å²) in [4.78, 5) is 27.9. The minimum absolute atomic E-state index is 0.00390. The van der Waals surface area contributed by atoms with E-state index in [1.54, 1.807) is 19.1 Å². The van der Waals surface area contributed by atoms with Crippen LogP contribution in [0.3, 0.4) is 0 Å². The van der Waals surface area contributed by atoms with E-state index < -0.39 is 5.97 Å². The molecule has 0 fully saturated rings. The first-order chi connectivity index (χ1) is 11.9. The lowest BCUT2D eigenvalue weighted by Gasteiger charge is -2.10. The van der Waals surface area contributed by atoms with Crippen molar-refractivity contribution in [3.8, 4) is 0 Å². The lowest BCUT2D eigenvalue weighted by Crippen LogP contribution is -2.06. The zero-order valence-corrected chi connectivity index (χ0v) is 14.9. The number of H-pyrrole nitrogens is 1. The number of hydrogen-bond donors (Lipinski definition) is 1. The molecule has 3 rings (SSSR count). The number of carbonyl (C=O) groups excluding carboxylic acids is 2. The van der Waals surface area contributed by atoms with E-state index in [0.717, 1.165) is 33.2 Å². The number of aromatic amines is 1. The van der Waals surface area contributed by atoms with Gasteiger partial charge < -0.3 is 9.72 Å². The molecule has 0 unspecified atom stereocenters. The van der Waals surface area contributed by atoms with E-state index in [-0.39, 0.29) is 5.78 Å². The standard InChI is InChI=1S/C21H21NO3/c1-5-25-21(24)18-11-16-10-15(6-7-17(16)22-18)20(23)19-13(3)8-12(2)9-14(19)4/h6-11,22H,5H2,1-4H3. The Kier molecular flexibility index (Phi) is 4.45. The van der Waals surface area contributed by atoms with Crippen LogP contribution in [0, 0.1) is 20.8 Å². The van der Waals surface area contributed by atoms with Crippen molar-refractivity contribution in [3.05, 3.63) is 69.9 Å². The van der Waals surface area contributed by atoms with Crippen molar-refractivity contribution in [3.63, 3.8) is 0 Å². The Morgan fingerprint density at radius 2 is 1.68 bits per heavy atom. The fourth-order valence-electron chi connectivity index (χ4n) is 3.28. The average Bonchev–Trinajstić information content (AvgIpc) is 2.97. The Morgan fingerprint density at radius 3 is 2.32 bits per heavy atom. The highest BCUT2D eigenvalue weighted by Gasteiger charge is 2.17. The first-order valence-electron chi connectivity index (χ1n) is 8.33. The molecule has 1 N–H and O–H groups in total. The molecular weight excluding hydrogens is 314 g/mol. The van der Waals surface area contributed by atoms with Gasteiger partial charge in [-0.05, 0) is 63.1 Å². The van der Waals surface area contributed by atoms with Crippen LogP contribution in [0.1, 0.15) is 50.0 Å². The summed E-state index contributed by atoms with van der Waals surface area (Å²) in [6.07, 6.45) is 0. The third-order valence-corrected chi connectivity index (χ3v) is 4.28. The number of nitrogens with one attached hydrogen (secondary N) is 1. The maximum absolute atomic E-state index is 13.0. The maximum atomic E-state index is 13.0. The highest BCUT2D eigenvalue weighted by molar-refractivity contribution is 6.12. The van der Waals surface area contributed by atoms with E-state index in [1.165, 1.54) is 0 Å². The van der Waals surface area contributed by atoms with Gasteiger partial charge in [0.2, 0.25) is 0 Å². The molecule has 0 atom stereocenters. The number of esters is 1. The Balaban J connectivity index is 2.02. The van der Waals surface area contributed by atoms with Gasteiger partial charge in [-0.1, -0.05) is 17.7 Å². The molecule has 0 saturated heterocycles. The number of ketones is 1. The van der Waals surface area contributed by atoms with Gasteiger partial charge in [-0.25, -0.2) is 4.79 Å². The van der Waals surface area contributed by atoms with Crippen molar-refractivity contribution >= 4 is 22.7 Å². The molecule has 0 radical (unpaired) electrons. The highest BCUT2D eigenvalue weighted by Crippen LogP contribution is 2.23. The van der Waals surface area contributed by atoms with Crippen LogP contribution in [0.25, 0.3) is 10.9 Å². The van der Waals surface area contributed by atoms with E-state index in [4.69, 9.17) is 4.74 Å². The van der Waals surface area contributed by atoms with Gasteiger partial charge >= 0.3 is 5.97 Å². The van der Waals surface area contributed by atoms with Crippen molar-refractivity contribution in [1.29, 1.82) is 0 Å². The van der Waals surface area contributed by atoms with Gasteiger partial charge in [0.25, 0.3) is 0 Å². The summed E-state index contributed by atoms with van der Waals surface area (Å²) in [6, 6.07) is 11.2. The highest BCUT2D eigenvalue weighted by atomic mass is 16.5. The first kappa shape index (κ1) is 17.0. The molecule has 0 saturated carbocycles. The number of rotatable bonds is 4. The SMILES string of the molecule is CCOC(=O)c1cc2cc(C(=O)c3c(C)cc(C)cc3C)ccc2[nH]1. The van der Waals surface area contributed by atoms with Crippen molar-refractivity contribution in [2.75, 3.05) is 6.61 Å². The minimum atomic E-state index is -0.392. The molecule has 2 aromatic carbocycles. The van der Waals surface area contributed by atoms with Crippen molar-refractivity contribution < 1.29 is 14.3 Å². The zero-order chi connectivity index (χ0) is 18.1. The lowest BCUT2D eigenvalue weighted by molar-refractivity contribution is 0.0520. The summed E-state index contributed by atoms with van der Waals surface area (Å²) in [5.41, 5.74) is 5.64. The molecule has 0 aliphatic rings. The van der Waals surface area contributed by atoms with E-state index in [2.05, 4.69) is 4.98 Å². The van der Waals surface area contributed by atoms with Gasteiger partial charge in [-0.3, -0.25) is 4.79 Å². The van der Waals surface area contributed by atoms with E-state index in [9.17, 15) is 9.59 Å². The summed E-state index contributed by atoms with van der Waals surface area (Å²) >= 11 is 0. The molecule has 0 spiro atoms. The molecule has 0 amide bonds. The molecule has 4 heteroatoms. The Labute approximate surface area is 146 Å². The minimum Gasteiger partial charge on any atom is -0.461 e. The van der Waals surface area contributed by atoms with Crippen LogP contribution >= 0.6 is 0 Å². The molecule has 1 heterocycles. The molecule has 4 nitrogen and oxygen atoms in total. The van der Waals surface area contributed by atoms with E-state index in [1.807, 2.05) is 45.0 Å². The number of aryl methyl sites for hydroxylation is 3. The molecule has 25 heavy (non-hydrogen) atoms.